The number of aromatic amines is 1. The standard InChI is InChI=1S/C31H32N2O7/c1-17-7-8-23-19(11-17)12-22(30(34)32-23)28-21-16-25(37-3)24(36-2)13-18(21)9-10-33(28)31(35)20-14-26(38-4)29(40-6)27(15-20)39-5/h7-8,11-16,28H,9-10H2,1-6H3,(H,32,34)/t28-/m0/s1. The van der Waals surface area contributed by atoms with Gasteiger partial charge in [-0.1, -0.05) is 11.6 Å². The third-order valence-corrected chi connectivity index (χ3v) is 7.37. The second-order valence-corrected chi connectivity index (χ2v) is 9.62. The zero-order valence-electron chi connectivity index (χ0n) is 23.4. The van der Waals surface area contributed by atoms with Crippen molar-refractivity contribution in [2.75, 3.05) is 42.1 Å². The maximum absolute atomic E-state index is 14.2. The van der Waals surface area contributed by atoms with Crippen LogP contribution in [0.15, 0.2) is 53.3 Å². The molecule has 3 aromatic carbocycles. The van der Waals surface area contributed by atoms with Crippen molar-refractivity contribution in [3.05, 3.63) is 86.7 Å². The lowest BCUT2D eigenvalue weighted by Gasteiger charge is -2.38. The molecule has 0 saturated heterocycles. The highest BCUT2D eigenvalue weighted by Gasteiger charge is 2.36. The number of ether oxygens (including phenoxy) is 5. The Morgan fingerprint density at radius 3 is 2.08 bits per heavy atom. The molecule has 0 spiro atoms. The molecule has 4 aromatic rings. The summed E-state index contributed by atoms with van der Waals surface area (Å²) in [5, 5.41) is 0.877. The summed E-state index contributed by atoms with van der Waals surface area (Å²) in [6, 6.07) is 14.0. The number of amides is 1. The van der Waals surface area contributed by atoms with E-state index in [1.54, 1.807) is 31.3 Å². The van der Waals surface area contributed by atoms with E-state index in [0.29, 0.717) is 52.8 Å². The van der Waals surface area contributed by atoms with Crippen LogP contribution in [-0.2, 0) is 6.42 Å². The zero-order chi connectivity index (χ0) is 28.6. The van der Waals surface area contributed by atoms with Crippen LogP contribution in [-0.4, -0.2) is 57.9 Å². The van der Waals surface area contributed by atoms with Crippen molar-refractivity contribution in [2.45, 2.75) is 19.4 Å². The van der Waals surface area contributed by atoms with Crippen LogP contribution in [0.2, 0.25) is 0 Å². The van der Waals surface area contributed by atoms with E-state index in [0.717, 1.165) is 27.6 Å². The minimum Gasteiger partial charge on any atom is -0.493 e. The average Bonchev–Trinajstić information content (AvgIpc) is 2.98. The molecule has 1 aliphatic heterocycles. The Labute approximate surface area is 232 Å². The largest absolute Gasteiger partial charge is 0.493 e. The third kappa shape index (κ3) is 4.57. The van der Waals surface area contributed by atoms with Gasteiger partial charge in [0.2, 0.25) is 5.75 Å². The lowest BCUT2D eigenvalue weighted by Crippen LogP contribution is -2.42. The molecule has 1 atom stereocenters. The van der Waals surface area contributed by atoms with Gasteiger partial charge in [-0.2, -0.15) is 0 Å². The summed E-state index contributed by atoms with van der Waals surface area (Å²) in [6.07, 6.45) is 0.562. The van der Waals surface area contributed by atoms with Crippen molar-refractivity contribution in [2.24, 2.45) is 0 Å². The Hall–Kier alpha value is -4.66. The normalized spacial score (nSPS) is 14.4. The number of aryl methyl sites for hydroxylation is 1. The summed E-state index contributed by atoms with van der Waals surface area (Å²) < 4.78 is 27.6. The predicted octanol–water partition coefficient (Wildman–Crippen LogP) is 4.67. The fourth-order valence-electron chi connectivity index (χ4n) is 5.42. The first-order chi connectivity index (χ1) is 19.3. The van der Waals surface area contributed by atoms with Crippen LogP contribution in [0.5, 0.6) is 28.7 Å². The fourth-order valence-corrected chi connectivity index (χ4v) is 5.42. The van der Waals surface area contributed by atoms with Crippen LogP contribution in [0.4, 0.5) is 0 Å². The van der Waals surface area contributed by atoms with Gasteiger partial charge in [0.15, 0.2) is 23.0 Å². The minimum atomic E-state index is -0.691. The molecule has 0 saturated carbocycles. The van der Waals surface area contributed by atoms with Gasteiger partial charge in [-0.25, -0.2) is 0 Å². The molecule has 1 aliphatic rings. The molecule has 1 amide bonds. The Morgan fingerprint density at radius 2 is 1.45 bits per heavy atom. The summed E-state index contributed by atoms with van der Waals surface area (Å²) >= 11 is 0. The Kier molecular flexibility index (Phi) is 7.30. The number of pyridine rings is 1. The zero-order valence-corrected chi connectivity index (χ0v) is 23.4. The van der Waals surface area contributed by atoms with Gasteiger partial charge in [0.25, 0.3) is 11.5 Å². The number of carbonyl (C=O) groups is 1. The van der Waals surface area contributed by atoms with E-state index < -0.39 is 6.04 Å². The molecule has 0 bridgehead atoms. The van der Waals surface area contributed by atoms with E-state index in [1.807, 2.05) is 43.3 Å². The first-order valence-electron chi connectivity index (χ1n) is 12.8. The van der Waals surface area contributed by atoms with Gasteiger partial charge in [0, 0.05) is 23.2 Å². The number of benzene rings is 3. The van der Waals surface area contributed by atoms with Crippen LogP contribution >= 0.6 is 0 Å². The monoisotopic (exact) mass is 544 g/mol. The molecule has 1 aromatic heterocycles. The molecule has 9 heteroatoms. The number of aromatic nitrogens is 1. The first-order valence-corrected chi connectivity index (χ1v) is 12.8. The van der Waals surface area contributed by atoms with Crippen LogP contribution in [0.25, 0.3) is 10.9 Å². The summed E-state index contributed by atoms with van der Waals surface area (Å²) in [5.74, 6) is 1.94. The number of methoxy groups -OCH3 is 5. The van der Waals surface area contributed by atoms with Crippen LogP contribution < -0.4 is 29.2 Å². The molecular formula is C31H32N2O7. The number of rotatable bonds is 7. The topological polar surface area (TPSA) is 99.3 Å². The van der Waals surface area contributed by atoms with Gasteiger partial charge in [-0.15, -0.1) is 0 Å². The second-order valence-electron chi connectivity index (χ2n) is 9.62. The highest BCUT2D eigenvalue weighted by molar-refractivity contribution is 5.96. The quantitative estimate of drug-likeness (QED) is 0.361. The molecule has 208 valence electrons. The molecule has 0 radical (unpaired) electrons. The van der Waals surface area contributed by atoms with Crippen molar-refractivity contribution in [1.82, 2.24) is 9.88 Å². The van der Waals surface area contributed by atoms with E-state index in [2.05, 4.69) is 4.98 Å². The highest BCUT2D eigenvalue weighted by Crippen LogP contribution is 2.43. The average molecular weight is 545 g/mol. The Bertz CT molecular complexity index is 1640. The van der Waals surface area contributed by atoms with Crippen molar-refractivity contribution in [1.29, 1.82) is 0 Å². The van der Waals surface area contributed by atoms with Crippen molar-refractivity contribution < 1.29 is 28.5 Å². The van der Waals surface area contributed by atoms with Crippen molar-refractivity contribution >= 4 is 16.8 Å². The minimum absolute atomic E-state index is 0.272. The van der Waals surface area contributed by atoms with Gasteiger partial charge in [-0.05, 0) is 72.3 Å². The number of fused-ring (bicyclic) bond motifs is 2. The number of nitrogens with zero attached hydrogens (tertiary/aromatic N) is 1. The number of H-pyrrole nitrogens is 1. The summed E-state index contributed by atoms with van der Waals surface area (Å²) in [4.78, 5) is 32.5. The maximum Gasteiger partial charge on any atom is 0.254 e. The second kappa shape index (κ2) is 10.8. The van der Waals surface area contributed by atoms with Gasteiger partial charge in [0.1, 0.15) is 0 Å². The summed E-state index contributed by atoms with van der Waals surface area (Å²) in [7, 11) is 7.66. The lowest BCUT2D eigenvalue weighted by molar-refractivity contribution is 0.0692. The smallest absolute Gasteiger partial charge is 0.254 e. The molecule has 0 aliphatic carbocycles. The van der Waals surface area contributed by atoms with Gasteiger partial charge >= 0.3 is 0 Å². The van der Waals surface area contributed by atoms with E-state index >= 15 is 0 Å². The number of hydrogen-bond donors (Lipinski definition) is 1. The predicted molar refractivity (Wildman–Crippen MR) is 152 cm³/mol. The summed E-state index contributed by atoms with van der Waals surface area (Å²) in [6.45, 7) is 2.37. The van der Waals surface area contributed by atoms with E-state index in [4.69, 9.17) is 23.7 Å². The van der Waals surface area contributed by atoms with Crippen molar-refractivity contribution in [3.8, 4) is 28.7 Å². The molecule has 9 nitrogen and oxygen atoms in total. The van der Waals surface area contributed by atoms with E-state index in [9.17, 15) is 9.59 Å². The molecule has 40 heavy (non-hydrogen) atoms. The van der Waals surface area contributed by atoms with Crippen LogP contribution in [0, 0.1) is 6.92 Å². The lowest BCUT2D eigenvalue weighted by atomic mass is 9.87. The number of nitrogens with one attached hydrogen (secondary N) is 1. The SMILES string of the molecule is COc1cc2c(cc1OC)[C@@H](c1cc3cc(C)ccc3[nH]c1=O)N(C(=O)c1cc(OC)c(OC)c(OC)c1)CC2. The Morgan fingerprint density at radius 1 is 0.800 bits per heavy atom. The van der Waals surface area contributed by atoms with Crippen LogP contribution in [0.3, 0.4) is 0 Å². The van der Waals surface area contributed by atoms with Crippen LogP contribution in [0.1, 0.15) is 38.7 Å². The molecular weight excluding hydrogens is 512 g/mol. The van der Waals surface area contributed by atoms with E-state index in [-0.39, 0.29) is 11.5 Å². The first kappa shape index (κ1) is 26.9. The summed E-state index contributed by atoms with van der Waals surface area (Å²) in [5.41, 5.74) is 4.08. The molecule has 0 unspecified atom stereocenters. The van der Waals surface area contributed by atoms with Crippen molar-refractivity contribution in [3.63, 3.8) is 0 Å². The van der Waals surface area contributed by atoms with Gasteiger partial charge in [-0.3, -0.25) is 9.59 Å². The maximum atomic E-state index is 14.2. The molecule has 5 rings (SSSR count). The van der Waals surface area contributed by atoms with Gasteiger partial charge < -0.3 is 33.6 Å². The van der Waals surface area contributed by atoms with E-state index in [1.165, 1.54) is 21.3 Å². The number of hydrogen-bond acceptors (Lipinski definition) is 7. The highest BCUT2D eigenvalue weighted by atomic mass is 16.5. The third-order valence-electron chi connectivity index (χ3n) is 7.37. The Balaban J connectivity index is 1.73. The molecule has 2 heterocycles. The number of carbonyl (C=O) groups excluding carboxylic acids is 1. The van der Waals surface area contributed by atoms with Gasteiger partial charge in [0.05, 0.1) is 41.6 Å². The molecule has 0 fully saturated rings. The fraction of sp³-hybridized carbons (Fsp3) is 0.290. The molecule has 1 N–H and O–H groups in total.